The molecular weight excluding hydrogens is 298 g/mol. The van der Waals surface area contributed by atoms with E-state index in [0.717, 1.165) is 26.1 Å². The highest BCUT2D eigenvalue weighted by Gasteiger charge is 2.20. The van der Waals surface area contributed by atoms with E-state index in [1.54, 1.807) is 5.51 Å². The van der Waals surface area contributed by atoms with Gasteiger partial charge in [0.2, 0.25) is 5.13 Å². The molecule has 2 amide bonds. The van der Waals surface area contributed by atoms with Crippen molar-refractivity contribution in [2.24, 2.45) is 0 Å². The second-order valence-electron chi connectivity index (χ2n) is 5.29. The zero-order valence-corrected chi connectivity index (χ0v) is 13.3. The predicted octanol–water partition coefficient (Wildman–Crippen LogP) is 2.59. The third kappa shape index (κ3) is 3.36. The van der Waals surface area contributed by atoms with Gasteiger partial charge in [0.25, 0.3) is 0 Å². The van der Waals surface area contributed by atoms with E-state index < -0.39 is 0 Å². The SMILES string of the molecule is Cc1ccccc1N1CCCN(C(=O)Nc2nncs2)CC1. The number of para-hydroxylation sites is 1. The van der Waals surface area contributed by atoms with Crippen LogP contribution in [0.25, 0.3) is 0 Å². The average molecular weight is 317 g/mol. The Kier molecular flexibility index (Phi) is 4.53. The molecule has 2 aromatic rings. The number of amides is 2. The minimum absolute atomic E-state index is 0.0941. The van der Waals surface area contributed by atoms with Crippen LogP contribution in [0, 0.1) is 6.92 Å². The third-order valence-corrected chi connectivity index (χ3v) is 4.42. The summed E-state index contributed by atoms with van der Waals surface area (Å²) in [6.07, 6.45) is 0.956. The first-order chi connectivity index (χ1) is 10.7. The first-order valence-electron chi connectivity index (χ1n) is 7.37. The van der Waals surface area contributed by atoms with Gasteiger partial charge in [-0.05, 0) is 25.0 Å². The summed E-state index contributed by atoms with van der Waals surface area (Å²) in [6.45, 7) is 5.40. The molecule has 1 saturated heterocycles. The van der Waals surface area contributed by atoms with Gasteiger partial charge in [0.1, 0.15) is 5.51 Å². The summed E-state index contributed by atoms with van der Waals surface area (Å²) in [6, 6.07) is 8.29. The normalized spacial score (nSPS) is 15.5. The highest BCUT2D eigenvalue weighted by molar-refractivity contribution is 7.13. The zero-order valence-electron chi connectivity index (χ0n) is 12.5. The highest BCUT2D eigenvalue weighted by Crippen LogP contribution is 2.21. The second kappa shape index (κ2) is 6.74. The molecule has 0 saturated carbocycles. The Morgan fingerprint density at radius 2 is 2.09 bits per heavy atom. The number of benzene rings is 1. The van der Waals surface area contributed by atoms with E-state index in [1.807, 2.05) is 4.90 Å². The van der Waals surface area contributed by atoms with Crippen LogP contribution in [0.1, 0.15) is 12.0 Å². The number of aryl methyl sites for hydroxylation is 1. The fourth-order valence-electron chi connectivity index (χ4n) is 2.68. The van der Waals surface area contributed by atoms with Gasteiger partial charge in [0, 0.05) is 31.9 Å². The molecule has 1 aliphatic heterocycles. The Morgan fingerprint density at radius 3 is 2.86 bits per heavy atom. The molecule has 6 nitrogen and oxygen atoms in total. The number of carbonyl (C=O) groups excluding carboxylic acids is 1. The molecule has 0 radical (unpaired) electrons. The highest BCUT2D eigenvalue weighted by atomic mass is 32.1. The van der Waals surface area contributed by atoms with Crippen LogP contribution in [0.4, 0.5) is 15.6 Å². The number of rotatable bonds is 2. The summed E-state index contributed by atoms with van der Waals surface area (Å²) in [4.78, 5) is 16.5. The van der Waals surface area contributed by atoms with Crippen LogP contribution in [-0.4, -0.2) is 47.3 Å². The first-order valence-corrected chi connectivity index (χ1v) is 8.24. The fourth-order valence-corrected chi connectivity index (χ4v) is 3.11. The Labute approximate surface area is 133 Å². The number of carbonyl (C=O) groups is 1. The summed E-state index contributed by atoms with van der Waals surface area (Å²) in [5, 5.41) is 10.9. The first kappa shape index (κ1) is 14.8. The van der Waals surface area contributed by atoms with Crippen LogP contribution < -0.4 is 10.2 Å². The van der Waals surface area contributed by atoms with Crippen LogP contribution >= 0.6 is 11.3 Å². The Hall–Kier alpha value is -2.15. The van der Waals surface area contributed by atoms with Gasteiger partial charge in [0.05, 0.1) is 0 Å². The van der Waals surface area contributed by atoms with Gasteiger partial charge in [-0.15, -0.1) is 10.2 Å². The lowest BCUT2D eigenvalue weighted by molar-refractivity contribution is 0.215. The van der Waals surface area contributed by atoms with Crippen molar-refractivity contribution in [1.29, 1.82) is 0 Å². The molecule has 0 aliphatic carbocycles. The van der Waals surface area contributed by atoms with Crippen molar-refractivity contribution in [1.82, 2.24) is 15.1 Å². The molecule has 0 atom stereocenters. The standard InChI is InChI=1S/C15H19N5OS/c1-12-5-2-3-6-13(12)19-7-4-8-20(10-9-19)15(21)17-14-18-16-11-22-14/h2-3,5-6,11H,4,7-10H2,1H3,(H,17,18,21). The molecule has 1 aromatic carbocycles. The summed E-state index contributed by atoms with van der Waals surface area (Å²) in [5.41, 5.74) is 4.14. The van der Waals surface area contributed by atoms with Crippen molar-refractivity contribution in [3.63, 3.8) is 0 Å². The van der Waals surface area contributed by atoms with Gasteiger partial charge in [-0.3, -0.25) is 5.32 Å². The lowest BCUT2D eigenvalue weighted by Gasteiger charge is -2.25. The summed E-state index contributed by atoms with van der Waals surface area (Å²) >= 11 is 1.33. The minimum Gasteiger partial charge on any atom is -0.369 e. The molecule has 0 spiro atoms. The van der Waals surface area contributed by atoms with E-state index in [2.05, 4.69) is 51.6 Å². The number of hydrogen-bond donors (Lipinski definition) is 1. The molecule has 7 heteroatoms. The molecule has 1 fully saturated rings. The number of hydrogen-bond acceptors (Lipinski definition) is 5. The van der Waals surface area contributed by atoms with E-state index >= 15 is 0 Å². The third-order valence-electron chi connectivity index (χ3n) is 3.81. The van der Waals surface area contributed by atoms with Crippen LogP contribution in [0.2, 0.25) is 0 Å². The van der Waals surface area contributed by atoms with Gasteiger partial charge in [-0.2, -0.15) is 0 Å². The summed E-state index contributed by atoms with van der Waals surface area (Å²) in [5.74, 6) is 0. The van der Waals surface area contributed by atoms with Gasteiger partial charge < -0.3 is 9.80 Å². The van der Waals surface area contributed by atoms with Crippen molar-refractivity contribution in [2.45, 2.75) is 13.3 Å². The summed E-state index contributed by atoms with van der Waals surface area (Å²) < 4.78 is 0. The number of aromatic nitrogens is 2. The maximum absolute atomic E-state index is 12.3. The molecule has 1 aromatic heterocycles. The van der Waals surface area contributed by atoms with E-state index in [0.29, 0.717) is 11.7 Å². The van der Waals surface area contributed by atoms with Crippen molar-refractivity contribution in [3.05, 3.63) is 35.3 Å². The Morgan fingerprint density at radius 1 is 1.23 bits per heavy atom. The van der Waals surface area contributed by atoms with E-state index in [9.17, 15) is 4.79 Å². The fraction of sp³-hybridized carbons (Fsp3) is 0.400. The minimum atomic E-state index is -0.0941. The number of urea groups is 1. The van der Waals surface area contributed by atoms with Crippen LogP contribution in [0.15, 0.2) is 29.8 Å². The van der Waals surface area contributed by atoms with Crippen LogP contribution in [0.5, 0.6) is 0 Å². The summed E-state index contributed by atoms with van der Waals surface area (Å²) in [7, 11) is 0. The quantitative estimate of drug-likeness (QED) is 0.925. The maximum atomic E-state index is 12.3. The lowest BCUT2D eigenvalue weighted by Crippen LogP contribution is -2.38. The van der Waals surface area contributed by atoms with Crippen molar-refractivity contribution in [2.75, 3.05) is 36.4 Å². The number of nitrogens with one attached hydrogen (secondary N) is 1. The molecular formula is C15H19N5OS. The molecule has 1 N–H and O–H groups in total. The van der Waals surface area contributed by atoms with Gasteiger partial charge in [-0.25, -0.2) is 4.79 Å². The number of anilines is 2. The molecule has 0 bridgehead atoms. The van der Waals surface area contributed by atoms with Crippen LogP contribution in [0.3, 0.4) is 0 Å². The van der Waals surface area contributed by atoms with Crippen molar-refractivity contribution < 1.29 is 4.79 Å². The number of nitrogens with zero attached hydrogens (tertiary/aromatic N) is 4. The topological polar surface area (TPSA) is 61.4 Å². The average Bonchev–Trinajstić information content (AvgIpc) is 2.90. The molecule has 0 unspecified atom stereocenters. The van der Waals surface area contributed by atoms with Crippen molar-refractivity contribution in [3.8, 4) is 0 Å². The zero-order chi connectivity index (χ0) is 15.4. The smallest absolute Gasteiger partial charge is 0.323 e. The monoisotopic (exact) mass is 317 g/mol. The van der Waals surface area contributed by atoms with Gasteiger partial charge in [-0.1, -0.05) is 29.5 Å². The predicted molar refractivity (Wildman–Crippen MR) is 88.5 cm³/mol. The van der Waals surface area contributed by atoms with E-state index in [1.165, 1.54) is 22.6 Å². The van der Waals surface area contributed by atoms with Gasteiger partial charge in [0.15, 0.2) is 0 Å². The van der Waals surface area contributed by atoms with Gasteiger partial charge >= 0.3 is 6.03 Å². The van der Waals surface area contributed by atoms with E-state index in [4.69, 9.17) is 0 Å². The maximum Gasteiger partial charge on any atom is 0.323 e. The molecule has 2 heterocycles. The van der Waals surface area contributed by atoms with Crippen LogP contribution in [-0.2, 0) is 0 Å². The second-order valence-corrected chi connectivity index (χ2v) is 6.12. The van der Waals surface area contributed by atoms with Crippen molar-refractivity contribution >= 4 is 28.2 Å². The molecule has 116 valence electrons. The molecule has 1 aliphatic rings. The lowest BCUT2D eigenvalue weighted by atomic mass is 10.2. The molecule has 22 heavy (non-hydrogen) atoms. The largest absolute Gasteiger partial charge is 0.369 e. The Balaban J connectivity index is 1.62. The molecule has 3 rings (SSSR count). The van der Waals surface area contributed by atoms with E-state index in [-0.39, 0.29) is 6.03 Å². The Bertz CT molecular complexity index is 631.